The molecule has 0 aliphatic rings. The predicted octanol–water partition coefficient (Wildman–Crippen LogP) is 2.15. The smallest absolute Gasteiger partial charge is 0.224 e. The number of carbonyl (C=O) groups is 1. The molecule has 0 aliphatic carbocycles. The van der Waals surface area contributed by atoms with Gasteiger partial charge in [-0.05, 0) is 31.0 Å². The van der Waals surface area contributed by atoms with E-state index in [0.717, 1.165) is 17.7 Å². The van der Waals surface area contributed by atoms with Crippen molar-refractivity contribution in [3.05, 3.63) is 29.8 Å². The van der Waals surface area contributed by atoms with Crippen LogP contribution in [0.15, 0.2) is 24.3 Å². The molecule has 3 nitrogen and oxygen atoms in total. The predicted molar refractivity (Wildman–Crippen MR) is 64.6 cm³/mol. The van der Waals surface area contributed by atoms with E-state index >= 15 is 0 Å². The summed E-state index contributed by atoms with van der Waals surface area (Å²) in [5.74, 6) is 0.880. The van der Waals surface area contributed by atoms with Gasteiger partial charge in [-0.25, -0.2) is 0 Å². The summed E-state index contributed by atoms with van der Waals surface area (Å²) in [7, 11) is 1.63. The number of hydrogen-bond donors (Lipinski definition) is 1. The normalized spacial score (nSPS) is 11.9. The van der Waals surface area contributed by atoms with Gasteiger partial charge in [0.2, 0.25) is 5.91 Å². The molecule has 0 bridgehead atoms. The van der Waals surface area contributed by atoms with Crippen LogP contribution in [0.25, 0.3) is 0 Å². The summed E-state index contributed by atoms with van der Waals surface area (Å²) in [6.07, 6.45) is 1.38. The summed E-state index contributed by atoms with van der Waals surface area (Å²) in [6, 6.07) is 7.80. The molecule has 1 aromatic rings. The molecule has 1 atom stereocenters. The quantitative estimate of drug-likeness (QED) is 0.827. The molecule has 0 spiro atoms. The first-order chi connectivity index (χ1) is 7.65. The van der Waals surface area contributed by atoms with Crippen molar-refractivity contribution >= 4 is 5.91 Å². The number of carbonyl (C=O) groups excluding carboxylic acids is 1. The lowest BCUT2D eigenvalue weighted by molar-refractivity contribution is -0.121. The monoisotopic (exact) mass is 221 g/mol. The van der Waals surface area contributed by atoms with Crippen LogP contribution < -0.4 is 10.1 Å². The van der Waals surface area contributed by atoms with Crippen LogP contribution in [0.3, 0.4) is 0 Å². The fourth-order valence-electron chi connectivity index (χ4n) is 1.36. The fourth-order valence-corrected chi connectivity index (χ4v) is 1.36. The minimum Gasteiger partial charge on any atom is -0.497 e. The topological polar surface area (TPSA) is 38.3 Å². The van der Waals surface area contributed by atoms with E-state index < -0.39 is 0 Å². The molecular formula is C13H19NO2. The van der Waals surface area contributed by atoms with E-state index in [0.29, 0.717) is 6.42 Å². The average Bonchev–Trinajstić information content (AvgIpc) is 2.29. The molecule has 3 heteroatoms. The van der Waals surface area contributed by atoms with Gasteiger partial charge in [-0.15, -0.1) is 0 Å². The van der Waals surface area contributed by atoms with Gasteiger partial charge in [0.25, 0.3) is 0 Å². The Balaban J connectivity index is 2.49. The van der Waals surface area contributed by atoms with E-state index in [2.05, 4.69) is 12.2 Å². The molecule has 1 amide bonds. The summed E-state index contributed by atoms with van der Waals surface area (Å²) >= 11 is 0. The van der Waals surface area contributed by atoms with E-state index in [4.69, 9.17) is 4.74 Å². The molecule has 0 saturated heterocycles. The Labute approximate surface area is 96.8 Å². The molecule has 0 radical (unpaired) electrons. The second-order valence-electron chi connectivity index (χ2n) is 3.90. The lowest BCUT2D eigenvalue weighted by Crippen LogP contribution is -2.33. The largest absolute Gasteiger partial charge is 0.497 e. The summed E-state index contributed by atoms with van der Waals surface area (Å²) in [5, 5.41) is 2.94. The molecule has 16 heavy (non-hydrogen) atoms. The van der Waals surface area contributed by atoms with Crippen LogP contribution in [0.4, 0.5) is 0 Å². The standard InChI is InChI=1S/C13H19NO2/c1-4-10(2)14-13(15)9-11-5-7-12(16-3)8-6-11/h5-8,10H,4,9H2,1-3H3,(H,14,15)/t10-/m1/s1. The van der Waals surface area contributed by atoms with Crippen LogP contribution in [0.2, 0.25) is 0 Å². The van der Waals surface area contributed by atoms with Gasteiger partial charge in [0.05, 0.1) is 13.5 Å². The van der Waals surface area contributed by atoms with Gasteiger partial charge in [0.15, 0.2) is 0 Å². The van der Waals surface area contributed by atoms with Crippen LogP contribution in [0, 0.1) is 0 Å². The molecule has 1 rings (SSSR count). The van der Waals surface area contributed by atoms with Crippen molar-refractivity contribution in [1.29, 1.82) is 0 Å². The molecule has 0 unspecified atom stereocenters. The summed E-state index contributed by atoms with van der Waals surface area (Å²) in [4.78, 5) is 11.6. The van der Waals surface area contributed by atoms with Gasteiger partial charge in [0, 0.05) is 6.04 Å². The van der Waals surface area contributed by atoms with E-state index in [-0.39, 0.29) is 11.9 Å². The lowest BCUT2D eigenvalue weighted by Gasteiger charge is -2.11. The molecule has 0 aromatic heterocycles. The first-order valence-electron chi connectivity index (χ1n) is 5.58. The van der Waals surface area contributed by atoms with Gasteiger partial charge < -0.3 is 10.1 Å². The molecule has 1 aromatic carbocycles. The second kappa shape index (κ2) is 6.16. The Morgan fingerprint density at radius 1 is 1.38 bits per heavy atom. The number of nitrogens with one attached hydrogen (secondary N) is 1. The number of benzene rings is 1. The number of hydrogen-bond acceptors (Lipinski definition) is 2. The number of methoxy groups -OCH3 is 1. The number of ether oxygens (including phenoxy) is 1. The van der Waals surface area contributed by atoms with Gasteiger partial charge in [-0.1, -0.05) is 19.1 Å². The van der Waals surface area contributed by atoms with Gasteiger partial charge in [-0.2, -0.15) is 0 Å². The Bertz CT molecular complexity index is 332. The minimum absolute atomic E-state index is 0.0690. The van der Waals surface area contributed by atoms with Crippen molar-refractivity contribution in [1.82, 2.24) is 5.32 Å². The fraction of sp³-hybridized carbons (Fsp3) is 0.462. The highest BCUT2D eigenvalue weighted by atomic mass is 16.5. The third-order valence-electron chi connectivity index (χ3n) is 2.54. The summed E-state index contributed by atoms with van der Waals surface area (Å²) in [5.41, 5.74) is 1.00. The van der Waals surface area contributed by atoms with Crippen molar-refractivity contribution in [2.45, 2.75) is 32.7 Å². The SMILES string of the molecule is CC[C@@H](C)NC(=O)Cc1ccc(OC)cc1. The summed E-state index contributed by atoms with van der Waals surface area (Å²) in [6.45, 7) is 4.06. The van der Waals surface area contributed by atoms with Crippen molar-refractivity contribution < 1.29 is 9.53 Å². The second-order valence-corrected chi connectivity index (χ2v) is 3.90. The summed E-state index contributed by atoms with van der Waals surface area (Å²) < 4.78 is 5.06. The molecule has 0 aliphatic heterocycles. The van der Waals surface area contributed by atoms with Crippen LogP contribution in [-0.4, -0.2) is 19.1 Å². The van der Waals surface area contributed by atoms with Crippen LogP contribution in [-0.2, 0) is 11.2 Å². The van der Waals surface area contributed by atoms with Crippen LogP contribution >= 0.6 is 0 Å². The zero-order chi connectivity index (χ0) is 12.0. The number of amides is 1. The highest BCUT2D eigenvalue weighted by molar-refractivity contribution is 5.78. The Kier molecular flexibility index (Phi) is 4.83. The maximum absolute atomic E-state index is 11.6. The first kappa shape index (κ1) is 12.6. The van der Waals surface area contributed by atoms with E-state index in [1.54, 1.807) is 7.11 Å². The number of rotatable bonds is 5. The average molecular weight is 221 g/mol. The Morgan fingerprint density at radius 3 is 2.50 bits per heavy atom. The zero-order valence-corrected chi connectivity index (χ0v) is 10.1. The molecule has 0 heterocycles. The Morgan fingerprint density at radius 2 is 2.00 bits per heavy atom. The third kappa shape index (κ3) is 3.93. The lowest BCUT2D eigenvalue weighted by atomic mass is 10.1. The van der Waals surface area contributed by atoms with Gasteiger partial charge >= 0.3 is 0 Å². The van der Waals surface area contributed by atoms with Crippen molar-refractivity contribution in [3.63, 3.8) is 0 Å². The molecule has 88 valence electrons. The van der Waals surface area contributed by atoms with Crippen LogP contribution in [0.5, 0.6) is 5.75 Å². The van der Waals surface area contributed by atoms with Crippen LogP contribution in [0.1, 0.15) is 25.8 Å². The molecule has 0 saturated carbocycles. The third-order valence-corrected chi connectivity index (χ3v) is 2.54. The van der Waals surface area contributed by atoms with E-state index in [9.17, 15) is 4.79 Å². The Hall–Kier alpha value is -1.51. The highest BCUT2D eigenvalue weighted by Crippen LogP contribution is 2.11. The van der Waals surface area contributed by atoms with E-state index in [1.807, 2.05) is 31.2 Å². The molecule has 0 fully saturated rings. The maximum Gasteiger partial charge on any atom is 0.224 e. The van der Waals surface area contributed by atoms with Crippen molar-refractivity contribution in [3.8, 4) is 5.75 Å². The minimum atomic E-state index is 0.0690. The first-order valence-corrected chi connectivity index (χ1v) is 5.58. The van der Waals surface area contributed by atoms with Crippen molar-refractivity contribution in [2.75, 3.05) is 7.11 Å². The van der Waals surface area contributed by atoms with E-state index in [1.165, 1.54) is 0 Å². The van der Waals surface area contributed by atoms with Gasteiger partial charge in [0.1, 0.15) is 5.75 Å². The molecular weight excluding hydrogens is 202 g/mol. The maximum atomic E-state index is 11.6. The van der Waals surface area contributed by atoms with Crippen molar-refractivity contribution in [2.24, 2.45) is 0 Å². The zero-order valence-electron chi connectivity index (χ0n) is 10.1. The molecule has 1 N–H and O–H groups in total. The van der Waals surface area contributed by atoms with Gasteiger partial charge in [-0.3, -0.25) is 4.79 Å². The highest BCUT2D eigenvalue weighted by Gasteiger charge is 2.06.